The number of anilines is 1. The van der Waals surface area contributed by atoms with E-state index in [4.69, 9.17) is 10.3 Å². The lowest BCUT2D eigenvalue weighted by Gasteiger charge is -2.02. The number of hydrogen-bond acceptors (Lipinski definition) is 4. The Balaban J connectivity index is 1.94. The van der Waals surface area contributed by atoms with Crippen molar-refractivity contribution in [3.8, 4) is 0 Å². The Labute approximate surface area is 71.1 Å². The molecule has 2 rings (SSSR count). The molecule has 0 bridgehead atoms. The lowest BCUT2D eigenvalue weighted by atomic mass is 10.0. The van der Waals surface area contributed by atoms with Crippen LogP contribution in [0.2, 0.25) is 0 Å². The van der Waals surface area contributed by atoms with Gasteiger partial charge in [-0.1, -0.05) is 12.8 Å². The maximum absolute atomic E-state index is 5.34. The van der Waals surface area contributed by atoms with E-state index < -0.39 is 0 Å². The normalized spacial score (nSPS) is 18.7. The Morgan fingerprint density at radius 3 is 2.75 bits per heavy atom. The molecular formula is C8H13N3O. The van der Waals surface area contributed by atoms with Crippen LogP contribution in [-0.2, 0) is 6.42 Å². The van der Waals surface area contributed by atoms with Crippen molar-refractivity contribution < 1.29 is 4.52 Å². The summed E-state index contributed by atoms with van der Waals surface area (Å²) in [4.78, 5) is 3.97. The van der Waals surface area contributed by atoms with Crippen LogP contribution in [0.15, 0.2) is 4.52 Å². The molecule has 1 aromatic rings. The summed E-state index contributed by atoms with van der Waals surface area (Å²) >= 11 is 0. The van der Waals surface area contributed by atoms with E-state index >= 15 is 0 Å². The van der Waals surface area contributed by atoms with Crippen LogP contribution in [0.5, 0.6) is 0 Å². The molecule has 0 unspecified atom stereocenters. The second kappa shape index (κ2) is 3.13. The summed E-state index contributed by atoms with van der Waals surface area (Å²) in [5.41, 5.74) is 5.34. The third kappa shape index (κ3) is 1.57. The van der Waals surface area contributed by atoms with Crippen LogP contribution in [0.4, 0.5) is 5.95 Å². The zero-order valence-electron chi connectivity index (χ0n) is 6.99. The van der Waals surface area contributed by atoms with Crippen LogP contribution in [0.25, 0.3) is 0 Å². The predicted molar refractivity (Wildman–Crippen MR) is 44.4 cm³/mol. The molecule has 1 saturated carbocycles. The van der Waals surface area contributed by atoms with Crippen molar-refractivity contribution in [2.75, 3.05) is 5.73 Å². The number of nitrogens with two attached hydrogens (primary N) is 1. The number of nitrogens with zero attached hydrogens (tertiary/aromatic N) is 2. The highest BCUT2D eigenvalue weighted by Gasteiger charge is 2.18. The van der Waals surface area contributed by atoms with E-state index in [0.29, 0.717) is 5.89 Å². The quantitative estimate of drug-likeness (QED) is 0.722. The molecule has 0 spiro atoms. The largest absolute Gasteiger partial charge is 0.365 e. The molecule has 0 radical (unpaired) electrons. The van der Waals surface area contributed by atoms with Gasteiger partial charge in [-0.3, -0.25) is 0 Å². The summed E-state index contributed by atoms with van der Waals surface area (Å²) in [6, 6.07) is 0. The lowest BCUT2D eigenvalue weighted by Crippen LogP contribution is -1.98. The van der Waals surface area contributed by atoms with Gasteiger partial charge in [-0.05, 0) is 23.9 Å². The predicted octanol–water partition coefficient (Wildman–Crippen LogP) is 1.38. The number of hydrogen-bond donors (Lipinski definition) is 1. The van der Waals surface area contributed by atoms with Crippen LogP contribution < -0.4 is 5.73 Å². The molecule has 1 heterocycles. The molecule has 0 aromatic carbocycles. The Morgan fingerprint density at radius 1 is 1.42 bits per heavy atom. The summed E-state index contributed by atoms with van der Waals surface area (Å²) in [5.74, 6) is 1.69. The van der Waals surface area contributed by atoms with Crippen LogP contribution in [0.3, 0.4) is 0 Å². The van der Waals surface area contributed by atoms with Gasteiger partial charge in [0.05, 0.1) is 0 Å². The van der Waals surface area contributed by atoms with E-state index in [-0.39, 0.29) is 5.95 Å². The fourth-order valence-electron chi connectivity index (χ4n) is 1.81. The van der Waals surface area contributed by atoms with Crippen LogP contribution >= 0.6 is 0 Å². The molecule has 4 nitrogen and oxygen atoms in total. The first-order chi connectivity index (χ1) is 5.84. The topological polar surface area (TPSA) is 64.9 Å². The van der Waals surface area contributed by atoms with Gasteiger partial charge in [-0.15, -0.1) is 0 Å². The minimum Gasteiger partial charge on any atom is -0.365 e. The monoisotopic (exact) mass is 167 g/mol. The molecular weight excluding hydrogens is 154 g/mol. The number of aromatic nitrogens is 2. The molecule has 0 amide bonds. The van der Waals surface area contributed by atoms with E-state index in [2.05, 4.69) is 10.1 Å². The number of rotatable bonds is 2. The molecule has 1 aliphatic carbocycles. The second-order valence-electron chi connectivity index (χ2n) is 3.40. The zero-order chi connectivity index (χ0) is 8.39. The summed E-state index contributed by atoms with van der Waals surface area (Å²) in [6.45, 7) is 0. The van der Waals surface area contributed by atoms with Gasteiger partial charge < -0.3 is 10.3 Å². The first-order valence-corrected chi connectivity index (χ1v) is 4.42. The average Bonchev–Trinajstić information content (AvgIpc) is 2.63. The summed E-state index contributed by atoms with van der Waals surface area (Å²) in [7, 11) is 0. The summed E-state index contributed by atoms with van der Waals surface area (Å²) < 4.78 is 4.94. The molecule has 1 aromatic heterocycles. The van der Waals surface area contributed by atoms with Crippen molar-refractivity contribution in [3.63, 3.8) is 0 Å². The second-order valence-corrected chi connectivity index (χ2v) is 3.40. The van der Waals surface area contributed by atoms with Gasteiger partial charge in [0.25, 0.3) is 5.95 Å². The Morgan fingerprint density at radius 2 is 2.17 bits per heavy atom. The van der Waals surface area contributed by atoms with Crippen molar-refractivity contribution in [3.05, 3.63) is 5.89 Å². The maximum Gasteiger partial charge on any atom is 0.260 e. The summed E-state index contributed by atoms with van der Waals surface area (Å²) in [5, 5.41) is 3.55. The third-order valence-corrected chi connectivity index (χ3v) is 2.42. The Hall–Kier alpha value is -1.06. The smallest absolute Gasteiger partial charge is 0.260 e. The molecule has 0 atom stereocenters. The fraction of sp³-hybridized carbons (Fsp3) is 0.750. The van der Waals surface area contributed by atoms with Crippen molar-refractivity contribution in [2.24, 2.45) is 5.92 Å². The average molecular weight is 167 g/mol. The Bertz CT molecular complexity index is 253. The minimum atomic E-state index is 0.253. The van der Waals surface area contributed by atoms with Crippen molar-refractivity contribution >= 4 is 5.95 Å². The first kappa shape index (κ1) is 7.58. The zero-order valence-corrected chi connectivity index (χ0v) is 6.99. The van der Waals surface area contributed by atoms with Gasteiger partial charge in [0.2, 0.25) is 5.89 Å². The minimum absolute atomic E-state index is 0.253. The molecule has 12 heavy (non-hydrogen) atoms. The van der Waals surface area contributed by atoms with Crippen LogP contribution in [0.1, 0.15) is 31.6 Å². The van der Waals surface area contributed by atoms with E-state index in [1.165, 1.54) is 25.7 Å². The highest BCUT2D eigenvalue weighted by molar-refractivity contribution is 5.10. The van der Waals surface area contributed by atoms with Crippen LogP contribution in [0, 0.1) is 5.92 Å². The number of nitrogen functional groups attached to an aromatic ring is 1. The van der Waals surface area contributed by atoms with Gasteiger partial charge >= 0.3 is 0 Å². The molecule has 0 aliphatic heterocycles. The van der Waals surface area contributed by atoms with E-state index in [1.54, 1.807) is 0 Å². The van der Waals surface area contributed by atoms with Gasteiger partial charge in [0.1, 0.15) is 0 Å². The van der Waals surface area contributed by atoms with E-state index in [1.807, 2.05) is 0 Å². The van der Waals surface area contributed by atoms with Crippen molar-refractivity contribution in [2.45, 2.75) is 32.1 Å². The molecule has 0 saturated heterocycles. The van der Waals surface area contributed by atoms with E-state index in [9.17, 15) is 0 Å². The third-order valence-electron chi connectivity index (χ3n) is 2.42. The van der Waals surface area contributed by atoms with Crippen molar-refractivity contribution in [1.82, 2.24) is 10.1 Å². The lowest BCUT2D eigenvalue weighted by molar-refractivity contribution is 0.354. The molecule has 1 aliphatic rings. The van der Waals surface area contributed by atoms with Crippen LogP contribution in [-0.4, -0.2) is 10.1 Å². The first-order valence-electron chi connectivity index (χ1n) is 4.42. The maximum atomic E-state index is 5.34. The van der Waals surface area contributed by atoms with Gasteiger partial charge in [0, 0.05) is 6.42 Å². The highest BCUT2D eigenvalue weighted by Crippen LogP contribution is 2.27. The molecule has 2 N–H and O–H groups in total. The fourth-order valence-corrected chi connectivity index (χ4v) is 1.81. The van der Waals surface area contributed by atoms with Gasteiger partial charge in [-0.25, -0.2) is 0 Å². The summed E-state index contributed by atoms with van der Waals surface area (Å²) in [6.07, 6.45) is 6.18. The highest BCUT2D eigenvalue weighted by atomic mass is 16.5. The molecule has 66 valence electrons. The van der Waals surface area contributed by atoms with Gasteiger partial charge in [-0.2, -0.15) is 4.98 Å². The SMILES string of the molecule is Nc1noc(CC2CCCC2)n1. The van der Waals surface area contributed by atoms with Crippen molar-refractivity contribution in [1.29, 1.82) is 0 Å². The molecule has 1 fully saturated rings. The Kier molecular flexibility index (Phi) is 1.98. The van der Waals surface area contributed by atoms with E-state index in [0.717, 1.165) is 12.3 Å². The standard InChI is InChI=1S/C8H13N3O/c9-8-10-7(12-11-8)5-6-3-1-2-4-6/h6H,1-5H2,(H2,9,11). The van der Waals surface area contributed by atoms with Gasteiger partial charge in [0.15, 0.2) is 0 Å². The molecule has 4 heteroatoms.